The molecule has 0 unspecified atom stereocenters. The van der Waals surface area contributed by atoms with E-state index in [-0.39, 0.29) is 5.69 Å². The lowest BCUT2D eigenvalue weighted by molar-refractivity contribution is -0.386. The van der Waals surface area contributed by atoms with Crippen LogP contribution in [0.15, 0.2) is 6.20 Å². The minimum Gasteiger partial charge on any atom is -0.330 e. The van der Waals surface area contributed by atoms with Gasteiger partial charge in [0.2, 0.25) is 0 Å². The molecule has 0 atom stereocenters. The van der Waals surface area contributed by atoms with E-state index in [2.05, 4.69) is 4.98 Å². The maximum atomic E-state index is 10.7. The molecule has 76 valence electrons. The van der Waals surface area contributed by atoms with E-state index in [9.17, 15) is 10.1 Å². The van der Waals surface area contributed by atoms with Crippen molar-refractivity contribution in [3.63, 3.8) is 0 Å². The van der Waals surface area contributed by atoms with Gasteiger partial charge in [-0.1, -0.05) is 11.6 Å². The first-order chi connectivity index (χ1) is 6.57. The van der Waals surface area contributed by atoms with Gasteiger partial charge in [0.25, 0.3) is 5.69 Å². The van der Waals surface area contributed by atoms with Crippen molar-refractivity contribution in [1.82, 2.24) is 4.98 Å². The monoisotopic (exact) mass is 215 g/mol. The zero-order valence-electron chi connectivity index (χ0n) is 7.66. The van der Waals surface area contributed by atoms with Crippen LogP contribution in [0, 0.1) is 17.0 Å². The smallest absolute Gasteiger partial charge is 0.295 e. The van der Waals surface area contributed by atoms with E-state index in [1.165, 1.54) is 6.20 Å². The molecule has 1 aromatic heterocycles. The Morgan fingerprint density at radius 3 is 2.86 bits per heavy atom. The fraction of sp³-hybridized carbons (Fsp3) is 0.375. The first-order valence-corrected chi connectivity index (χ1v) is 4.44. The summed E-state index contributed by atoms with van der Waals surface area (Å²) in [7, 11) is 0. The van der Waals surface area contributed by atoms with Crippen LogP contribution in [0.5, 0.6) is 0 Å². The number of nitrogens with zero attached hydrogens (tertiary/aromatic N) is 2. The fourth-order valence-electron chi connectivity index (χ4n) is 1.18. The van der Waals surface area contributed by atoms with Gasteiger partial charge in [-0.2, -0.15) is 0 Å². The summed E-state index contributed by atoms with van der Waals surface area (Å²) in [5, 5.41) is 11.0. The molecule has 0 aliphatic rings. The highest BCUT2D eigenvalue weighted by Gasteiger charge is 2.20. The van der Waals surface area contributed by atoms with Gasteiger partial charge in [0.1, 0.15) is 5.69 Å². The van der Waals surface area contributed by atoms with Crippen molar-refractivity contribution in [3.05, 3.63) is 32.6 Å². The summed E-state index contributed by atoms with van der Waals surface area (Å²) in [5.41, 5.74) is 6.13. The van der Waals surface area contributed by atoms with Crippen molar-refractivity contribution in [1.29, 1.82) is 0 Å². The van der Waals surface area contributed by atoms with Crippen molar-refractivity contribution in [3.8, 4) is 0 Å². The summed E-state index contributed by atoms with van der Waals surface area (Å²) in [6.45, 7) is 1.93. The van der Waals surface area contributed by atoms with E-state index in [1.807, 2.05) is 0 Å². The summed E-state index contributed by atoms with van der Waals surface area (Å²) < 4.78 is 0. The molecule has 14 heavy (non-hydrogen) atoms. The molecule has 1 aromatic rings. The van der Waals surface area contributed by atoms with Crippen LogP contribution in [-0.2, 0) is 6.42 Å². The number of aromatic nitrogens is 1. The third-order valence-electron chi connectivity index (χ3n) is 1.88. The van der Waals surface area contributed by atoms with E-state index in [0.717, 1.165) is 0 Å². The molecule has 0 aliphatic carbocycles. The van der Waals surface area contributed by atoms with E-state index in [1.54, 1.807) is 6.92 Å². The van der Waals surface area contributed by atoms with Gasteiger partial charge in [0.05, 0.1) is 9.95 Å². The van der Waals surface area contributed by atoms with Crippen molar-refractivity contribution in [2.75, 3.05) is 6.54 Å². The van der Waals surface area contributed by atoms with E-state index >= 15 is 0 Å². The molecule has 0 bridgehead atoms. The molecular formula is C8H10ClN3O2. The second-order valence-corrected chi connectivity index (χ2v) is 3.23. The second-order valence-electron chi connectivity index (χ2n) is 2.82. The van der Waals surface area contributed by atoms with Gasteiger partial charge in [-0.15, -0.1) is 0 Å². The molecule has 2 N–H and O–H groups in total. The molecule has 5 nitrogen and oxygen atoms in total. The number of rotatable bonds is 3. The number of hydrogen-bond donors (Lipinski definition) is 1. The molecule has 1 heterocycles. The zero-order valence-corrected chi connectivity index (χ0v) is 8.41. The van der Waals surface area contributed by atoms with Crippen LogP contribution in [0.25, 0.3) is 0 Å². The number of nitrogens with two attached hydrogens (primary N) is 1. The normalized spacial score (nSPS) is 10.2. The molecule has 0 saturated carbocycles. The van der Waals surface area contributed by atoms with Crippen LogP contribution >= 0.6 is 11.6 Å². The molecule has 0 saturated heterocycles. The van der Waals surface area contributed by atoms with Gasteiger partial charge >= 0.3 is 0 Å². The molecule has 0 radical (unpaired) electrons. The number of pyridine rings is 1. The van der Waals surface area contributed by atoms with Crippen LogP contribution in [0.3, 0.4) is 0 Å². The van der Waals surface area contributed by atoms with E-state index < -0.39 is 4.92 Å². The molecule has 0 aromatic carbocycles. The zero-order chi connectivity index (χ0) is 10.7. The number of hydrogen-bond acceptors (Lipinski definition) is 4. The third kappa shape index (κ3) is 2.00. The third-order valence-corrected chi connectivity index (χ3v) is 2.27. The Kier molecular flexibility index (Phi) is 3.38. The van der Waals surface area contributed by atoms with Crippen LogP contribution in [-0.4, -0.2) is 16.5 Å². The van der Waals surface area contributed by atoms with Gasteiger partial charge in [-0.3, -0.25) is 15.1 Å². The predicted octanol–water partition coefficient (Wildman–Crippen LogP) is 1.45. The fourth-order valence-corrected chi connectivity index (χ4v) is 1.32. The highest BCUT2D eigenvalue weighted by molar-refractivity contribution is 6.31. The van der Waals surface area contributed by atoms with Gasteiger partial charge in [0.15, 0.2) is 0 Å². The summed E-state index contributed by atoms with van der Waals surface area (Å²) in [6, 6.07) is 0. The Bertz CT molecular complexity index is 368. The highest BCUT2D eigenvalue weighted by Crippen LogP contribution is 2.27. The summed E-state index contributed by atoms with van der Waals surface area (Å²) in [4.78, 5) is 14.2. The predicted molar refractivity (Wildman–Crippen MR) is 53.4 cm³/mol. The molecule has 0 fully saturated rings. The maximum Gasteiger partial charge on any atom is 0.295 e. The number of halogens is 1. The Morgan fingerprint density at radius 1 is 1.71 bits per heavy atom. The molecule has 6 heteroatoms. The lowest BCUT2D eigenvalue weighted by Crippen LogP contribution is -2.08. The largest absolute Gasteiger partial charge is 0.330 e. The first-order valence-electron chi connectivity index (χ1n) is 4.06. The van der Waals surface area contributed by atoms with Crippen LogP contribution < -0.4 is 5.73 Å². The van der Waals surface area contributed by atoms with Gasteiger partial charge in [-0.25, -0.2) is 0 Å². The molecular weight excluding hydrogens is 206 g/mol. The molecule has 1 rings (SSSR count). The van der Waals surface area contributed by atoms with Gasteiger partial charge in [0, 0.05) is 18.2 Å². The Morgan fingerprint density at radius 2 is 2.36 bits per heavy atom. The first kappa shape index (κ1) is 10.9. The average molecular weight is 216 g/mol. The molecule has 0 aliphatic heterocycles. The Balaban J connectivity index is 3.30. The van der Waals surface area contributed by atoms with Crippen molar-refractivity contribution in [2.45, 2.75) is 13.3 Å². The second kappa shape index (κ2) is 4.34. The maximum absolute atomic E-state index is 10.7. The van der Waals surface area contributed by atoms with Crippen LogP contribution in [0.2, 0.25) is 5.02 Å². The van der Waals surface area contributed by atoms with Crippen molar-refractivity contribution in [2.24, 2.45) is 5.73 Å². The topological polar surface area (TPSA) is 82.0 Å². The average Bonchev–Trinajstić information content (AvgIpc) is 2.11. The Hall–Kier alpha value is -1.20. The number of nitro groups is 1. The lowest BCUT2D eigenvalue weighted by atomic mass is 10.1. The van der Waals surface area contributed by atoms with E-state index in [4.69, 9.17) is 17.3 Å². The van der Waals surface area contributed by atoms with Crippen LogP contribution in [0.4, 0.5) is 5.69 Å². The minimum absolute atomic E-state index is 0.0250. The summed E-state index contributed by atoms with van der Waals surface area (Å²) in [6.07, 6.45) is 1.79. The van der Waals surface area contributed by atoms with Crippen LogP contribution in [0.1, 0.15) is 11.3 Å². The SMILES string of the molecule is Cc1c(Cl)cnc(CCN)c1[N+](=O)[O-]. The Labute approximate surface area is 86.0 Å². The van der Waals surface area contributed by atoms with E-state index in [0.29, 0.717) is 29.2 Å². The quantitative estimate of drug-likeness (QED) is 0.611. The van der Waals surface area contributed by atoms with Gasteiger partial charge in [-0.05, 0) is 13.5 Å². The minimum atomic E-state index is -0.473. The summed E-state index contributed by atoms with van der Waals surface area (Å²) in [5.74, 6) is 0. The van der Waals surface area contributed by atoms with Crippen molar-refractivity contribution < 1.29 is 4.92 Å². The summed E-state index contributed by atoms with van der Waals surface area (Å²) >= 11 is 5.73. The standard InChI is InChI=1S/C8H10ClN3O2/c1-5-6(9)4-11-7(2-3-10)8(5)12(13)14/h4H,2-3,10H2,1H3. The molecule has 0 spiro atoms. The van der Waals surface area contributed by atoms with Gasteiger partial charge < -0.3 is 5.73 Å². The lowest BCUT2D eigenvalue weighted by Gasteiger charge is -2.04. The highest BCUT2D eigenvalue weighted by atomic mass is 35.5. The molecule has 0 amide bonds. The van der Waals surface area contributed by atoms with Crippen molar-refractivity contribution >= 4 is 17.3 Å².